The van der Waals surface area contributed by atoms with Crippen LogP contribution in [0.1, 0.15) is 83.5 Å². The maximum absolute atomic E-state index is 13.2. The van der Waals surface area contributed by atoms with Crippen LogP contribution in [0.4, 0.5) is 0 Å². The highest BCUT2D eigenvalue weighted by Gasteiger charge is 2.31. The van der Waals surface area contributed by atoms with Crippen LogP contribution in [0.5, 0.6) is 0 Å². The average Bonchev–Trinajstić information content (AvgIpc) is 3.28. The van der Waals surface area contributed by atoms with Crippen molar-refractivity contribution in [1.82, 2.24) is 30.2 Å². The first-order chi connectivity index (χ1) is 32.5. The van der Waals surface area contributed by atoms with Crippen molar-refractivity contribution in [1.29, 1.82) is 0 Å². The number of carboxylic acids is 1. The fourth-order valence-corrected chi connectivity index (χ4v) is 6.39. The summed E-state index contributed by atoms with van der Waals surface area (Å²) in [6.07, 6.45) is 0. The number of aliphatic hydroxyl groups is 2. The van der Waals surface area contributed by atoms with E-state index in [0.29, 0.717) is 71.7 Å². The molecule has 0 aliphatic rings. The summed E-state index contributed by atoms with van der Waals surface area (Å²) in [6, 6.07) is 27.3. The Morgan fingerprint density at radius 3 is 1.06 bits per heavy atom. The maximum Gasteiger partial charge on any atom is 0.360 e. The minimum absolute atomic E-state index is 0.0590. The third kappa shape index (κ3) is 16.3. The van der Waals surface area contributed by atoms with Crippen LogP contribution in [0.15, 0.2) is 97.1 Å². The standard InChI is InChI=1S/C25H25Cl2N3O4.C22H18Cl2N2O4.C3H9NO/c1-25(2,3)34-24(33)22-21(23(32)30(4)13-14-31)28-19(15-5-9-17(26)10-6-15)20(29-22)16-7-11-18(27)12-8-16;1-22(2,3)30-21(29)19-18(20(27)28)25-16(12-4-8-14(23)9-5-12)17(26-19)13-6-10-15(24)11-7-13;1-4-2-3-5/h5-12,31H,13-14H2,1-4H3;4-11H,1-3H3,(H,27,28);4-5H,2-3H2,1H3. The van der Waals surface area contributed by atoms with Crippen molar-refractivity contribution in [3.8, 4) is 45.0 Å². The third-order valence-corrected chi connectivity index (χ3v) is 10.0. The van der Waals surface area contributed by atoms with Gasteiger partial charge in [-0.25, -0.2) is 34.3 Å². The lowest BCUT2D eigenvalue weighted by Gasteiger charge is -2.22. The number of halogens is 4. The van der Waals surface area contributed by atoms with Gasteiger partial charge in [0.1, 0.15) is 11.2 Å². The molecule has 2 heterocycles. The molecule has 6 aromatic rings. The summed E-state index contributed by atoms with van der Waals surface area (Å²) in [6.45, 7) is 11.0. The van der Waals surface area contributed by atoms with E-state index in [9.17, 15) is 29.4 Å². The second kappa shape index (κ2) is 25.0. The van der Waals surface area contributed by atoms with Crippen LogP contribution in [0.2, 0.25) is 20.1 Å². The number of hydrogen-bond acceptors (Lipinski definition) is 13. The molecule has 15 nitrogen and oxygen atoms in total. The van der Waals surface area contributed by atoms with Crippen LogP contribution < -0.4 is 5.32 Å². The molecule has 364 valence electrons. The van der Waals surface area contributed by atoms with Gasteiger partial charge in [-0.15, -0.1) is 0 Å². The fraction of sp³-hybridized carbons (Fsp3) is 0.280. The van der Waals surface area contributed by atoms with E-state index in [0.717, 1.165) is 0 Å². The van der Waals surface area contributed by atoms with Crippen LogP contribution in [0, 0.1) is 0 Å². The van der Waals surface area contributed by atoms with Crippen molar-refractivity contribution in [3.63, 3.8) is 0 Å². The summed E-state index contributed by atoms with van der Waals surface area (Å²) in [7, 11) is 3.31. The molecule has 2 aromatic heterocycles. The predicted octanol–water partition coefficient (Wildman–Crippen LogP) is 10.1. The van der Waals surface area contributed by atoms with Gasteiger partial charge in [-0.1, -0.05) is 94.9 Å². The molecular weight excluding hydrogens is 970 g/mol. The molecule has 4 N–H and O–H groups in total. The third-order valence-electron chi connectivity index (χ3n) is 9.00. The van der Waals surface area contributed by atoms with Gasteiger partial charge in [-0.3, -0.25) is 4.79 Å². The number of aromatic nitrogens is 4. The predicted molar refractivity (Wildman–Crippen MR) is 268 cm³/mol. The van der Waals surface area contributed by atoms with Crippen LogP contribution in [-0.2, 0) is 9.47 Å². The molecule has 0 radical (unpaired) electrons. The Bertz CT molecular complexity index is 2730. The number of rotatable bonds is 12. The minimum Gasteiger partial charge on any atom is -0.476 e. The van der Waals surface area contributed by atoms with Crippen molar-refractivity contribution < 1.29 is 44.0 Å². The molecule has 0 saturated heterocycles. The molecule has 0 atom stereocenters. The molecular formula is C50H52Cl4N6O9. The number of hydrogen-bond donors (Lipinski definition) is 4. The SMILES string of the molecule is CC(C)(C)OC(=O)c1nc(-c2ccc(Cl)cc2)c(-c2ccc(Cl)cc2)nc1C(=O)O.CN(CCO)C(=O)c1nc(-c2ccc(Cl)cc2)c(-c2ccc(Cl)cc2)nc1C(=O)OC(C)(C)C.CNCCO. The number of benzene rings is 4. The van der Waals surface area contributed by atoms with Gasteiger partial charge in [-0.05, 0) is 97.1 Å². The number of nitrogens with one attached hydrogen (secondary N) is 1. The van der Waals surface area contributed by atoms with E-state index in [4.69, 9.17) is 61.0 Å². The topological polar surface area (TPSA) is 214 Å². The van der Waals surface area contributed by atoms with Gasteiger partial charge in [0.05, 0.1) is 36.0 Å². The highest BCUT2D eigenvalue weighted by Crippen LogP contribution is 2.34. The van der Waals surface area contributed by atoms with Gasteiger partial charge in [0.25, 0.3) is 5.91 Å². The summed E-state index contributed by atoms with van der Waals surface area (Å²) >= 11 is 24.1. The van der Waals surface area contributed by atoms with Crippen LogP contribution >= 0.6 is 46.4 Å². The highest BCUT2D eigenvalue weighted by atomic mass is 35.5. The first-order valence-corrected chi connectivity index (χ1v) is 22.7. The van der Waals surface area contributed by atoms with Gasteiger partial charge < -0.3 is 35.0 Å². The Labute approximate surface area is 420 Å². The number of carbonyl (C=O) groups is 4. The van der Waals surface area contributed by atoms with Crippen molar-refractivity contribution in [3.05, 3.63) is 140 Å². The summed E-state index contributed by atoms with van der Waals surface area (Å²) in [5.74, 6) is -3.61. The maximum atomic E-state index is 13.2. The van der Waals surface area contributed by atoms with E-state index in [1.54, 1.807) is 146 Å². The Balaban J connectivity index is 0.000000275. The molecule has 6 rings (SSSR count). The van der Waals surface area contributed by atoms with E-state index >= 15 is 0 Å². The largest absolute Gasteiger partial charge is 0.476 e. The van der Waals surface area contributed by atoms with E-state index < -0.39 is 40.7 Å². The van der Waals surface area contributed by atoms with Gasteiger partial charge >= 0.3 is 17.9 Å². The van der Waals surface area contributed by atoms with Crippen molar-refractivity contribution >= 4 is 70.2 Å². The van der Waals surface area contributed by atoms with Crippen LogP contribution in [-0.4, -0.2) is 116 Å². The lowest BCUT2D eigenvalue weighted by molar-refractivity contribution is 0.00478. The Kier molecular flexibility index (Phi) is 20.1. The first-order valence-electron chi connectivity index (χ1n) is 21.2. The Morgan fingerprint density at radius 1 is 0.522 bits per heavy atom. The molecule has 0 fully saturated rings. The van der Waals surface area contributed by atoms with Gasteiger partial charge in [0.15, 0.2) is 22.8 Å². The molecule has 0 aliphatic carbocycles. The number of aromatic carboxylic acids is 1. The number of amides is 1. The Morgan fingerprint density at radius 2 is 0.812 bits per heavy atom. The summed E-state index contributed by atoms with van der Waals surface area (Å²) < 4.78 is 10.9. The number of esters is 2. The van der Waals surface area contributed by atoms with Crippen LogP contribution in [0.25, 0.3) is 45.0 Å². The smallest absolute Gasteiger partial charge is 0.360 e. The van der Waals surface area contributed by atoms with Crippen LogP contribution in [0.3, 0.4) is 0 Å². The normalized spacial score (nSPS) is 11.0. The number of ether oxygens (including phenoxy) is 2. The molecule has 0 bridgehead atoms. The molecule has 4 aromatic carbocycles. The lowest BCUT2D eigenvalue weighted by Crippen LogP contribution is -2.33. The quantitative estimate of drug-likeness (QED) is 0.0840. The van der Waals surface area contributed by atoms with Gasteiger partial charge in [0, 0.05) is 62.5 Å². The molecule has 0 saturated carbocycles. The fourth-order valence-electron chi connectivity index (χ4n) is 5.89. The summed E-state index contributed by atoms with van der Waals surface area (Å²) in [4.78, 5) is 70.0. The molecule has 69 heavy (non-hydrogen) atoms. The van der Waals surface area contributed by atoms with E-state index in [-0.39, 0.29) is 36.8 Å². The molecule has 19 heteroatoms. The number of aliphatic hydroxyl groups excluding tert-OH is 2. The molecule has 0 unspecified atom stereocenters. The molecule has 1 amide bonds. The first kappa shape index (κ1) is 55.6. The monoisotopic (exact) mass is 1020 g/mol. The molecule has 0 aliphatic heterocycles. The number of nitrogens with zero attached hydrogens (tertiary/aromatic N) is 5. The second-order valence-electron chi connectivity index (χ2n) is 16.9. The number of carboxylic acid groups (broad SMARTS) is 1. The van der Waals surface area contributed by atoms with E-state index in [2.05, 4.69) is 25.3 Å². The zero-order valence-electron chi connectivity index (χ0n) is 39.1. The van der Waals surface area contributed by atoms with Crippen molar-refractivity contribution in [2.45, 2.75) is 52.7 Å². The Hall–Kier alpha value is -6.04. The highest BCUT2D eigenvalue weighted by molar-refractivity contribution is 6.31. The zero-order chi connectivity index (χ0) is 51.2. The van der Waals surface area contributed by atoms with Crippen molar-refractivity contribution in [2.75, 3.05) is 40.4 Å². The van der Waals surface area contributed by atoms with Crippen molar-refractivity contribution in [2.24, 2.45) is 0 Å². The van der Waals surface area contributed by atoms with Gasteiger partial charge in [-0.2, -0.15) is 0 Å². The lowest BCUT2D eigenvalue weighted by atomic mass is 10.0. The minimum atomic E-state index is -1.39. The van der Waals surface area contributed by atoms with E-state index in [1.165, 1.54) is 11.9 Å². The number of carbonyl (C=O) groups excluding carboxylic acids is 3. The molecule has 0 spiro atoms. The van der Waals surface area contributed by atoms with Gasteiger partial charge in [0.2, 0.25) is 0 Å². The van der Waals surface area contributed by atoms with E-state index in [1.807, 2.05) is 0 Å². The average molecular weight is 1020 g/mol. The zero-order valence-corrected chi connectivity index (χ0v) is 42.1. The second-order valence-corrected chi connectivity index (χ2v) is 18.6. The summed E-state index contributed by atoms with van der Waals surface area (Å²) in [5, 5.41) is 31.9. The summed E-state index contributed by atoms with van der Waals surface area (Å²) in [5.41, 5.74) is 0.966. The number of likely N-dealkylation sites (N-methyl/N-ethyl adjacent to an activating group) is 2.